The molecule has 0 saturated carbocycles. The van der Waals surface area contributed by atoms with E-state index < -0.39 is 0 Å². The highest BCUT2D eigenvalue weighted by Gasteiger charge is 1.99. The second kappa shape index (κ2) is 6.85. The number of halogens is 1. The SMILES string of the molecule is CCNCc1cnn(CC(C)C)c1.Cl. The first-order chi connectivity index (χ1) is 6.22. The van der Waals surface area contributed by atoms with Crippen molar-refractivity contribution in [2.75, 3.05) is 6.54 Å². The lowest BCUT2D eigenvalue weighted by molar-refractivity contribution is 0.482. The predicted octanol–water partition coefficient (Wildman–Crippen LogP) is 2.07. The summed E-state index contributed by atoms with van der Waals surface area (Å²) in [6, 6.07) is 0. The molecule has 1 heterocycles. The van der Waals surface area contributed by atoms with Crippen molar-refractivity contribution in [3.8, 4) is 0 Å². The molecule has 0 saturated heterocycles. The lowest BCUT2D eigenvalue weighted by atomic mass is 10.2. The molecule has 0 aliphatic carbocycles. The highest BCUT2D eigenvalue weighted by molar-refractivity contribution is 5.85. The minimum atomic E-state index is 0. The van der Waals surface area contributed by atoms with Gasteiger partial charge in [-0.2, -0.15) is 5.10 Å². The van der Waals surface area contributed by atoms with E-state index in [4.69, 9.17) is 0 Å². The van der Waals surface area contributed by atoms with Crippen LogP contribution in [0.15, 0.2) is 12.4 Å². The van der Waals surface area contributed by atoms with Crippen LogP contribution < -0.4 is 5.32 Å². The summed E-state index contributed by atoms with van der Waals surface area (Å²) in [4.78, 5) is 0. The topological polar surface area (TPSA) is 29.9 Å². The number of hydrogen-bond acceptors (Lipinski definition) is 2. The zero-order valence-electron chi connectivity index (χ0n) is 9.16. The Bertz CT molecular complexity index is 245. The summed E-state index contributed by atoms with van der Waals surface area (Å²) in [5.74, 6) is 0.659. The summed E-state index contributed by atoms with van der Waals surface area (Å²) in [6.07, 6.45) is 4.05. The molecule has 0 radical (unpaired) electrons. The Morgan fingerprint density at radius 3 is 2.79 bits per heavy atom. The lowest BCUT2D eigenvalue weighted by Crippen LogP contribution is -2.11. The molecule has 0 spiro atoms. The minimum absolute atomic E-state index is 0. The van der Waals surface area contributed by atoms with Crippen molar-refractivity contribution >= 4 is 12.4 Å². The van der Waals surface area contributed by atoms with Crippen molar-refractivity contribution in [2.24, 2.45) is 5.92 Å². The van der Waals surface area contributed by atoms with E-state index in [1.54, 1.807) is 0 Å². The van der Waals surface area contributed by atoms with Crippen LogP contribution in [-0.4, -0.2) is 16.3 Å². The third-order valence-electron chi connectivity index (χ3n) is 1.82. The summed E-state index contributed by atoms with van der Waals surface area (Å²) in [5, 5.41) is 7.56. The molecular formula is C10H20ClN3. The maximum Gasteiger partial charge on any atom is 0.0534 e. The molecule has 3 nitrogen and oxygen atoms in total. The highest BCUT2D eigenvalue weighted by Crippen LogP contribution is 2.01. The van der Waals surface area contributed by atoms with Gasteiger partial charge in [0, 0.05) is 24.8 Å². The van der Waals surface area contributed by atoms with Crippen LogP contribution in [0.25, 0.3) is 0 Å². The van der Waals surface area contributed by atoms with Gasteiger partial charge in [0.2, 0.25) is 0 Å². The summed E-state index contributed by atoms with van der Waals surface area (Å²) in [6.45, 7) is 9.45. The van der Waals surface area contributed by atoms with Crippen molar-refractivity contribution in [1.82, 2.24) is 15.1 Å². The van der Waals surface area contributed by atoms with Gasteiger partial charge in [-0.25, -0.2) is 0 Å². The molecular weight excluding hydrogens is 198 g/mol. The second-order valence-corrected chi connectivity index (χ2v) is 3.74. The first-order valence-corrected chi connectivity index (χ1v) is 4.94. The van der Waals surface area contributed by atoms with Gasteiger partial charge in [-0.05, 0) is 12.5 Å². The zero-order valence-corrected chi connectivity index (χ0v) is 9.97. The molecule has 0 atom stereocenters. The van der Waals surface area contributed by atoms with Gasteiger partial charge >= 0.3 is 0 Å². The first-order valence-electron chi connectivity index (χ1n) is 4.94. The molecule has 1 N–H and O–H groups in total. The van der Waals surface area contributed by atoms with Crippen molar-refractivity contribution in [1.29, 1.82) is 0 Å². The molecule has 0 unspecified atom stereocenters. The predicted molar refractivity (Wildman–Crippen MR) is 61.7 cm³/mol. The standard InChI is InChI=1S/C10H19N3.ClH/c1-4-11-5-10-6-12-13(8-10)7-9(2)3;/h6,8-9,11H,4-5,7H2,1-3H3;1H. The molecule has 14 heavy (non-hydrogen) atoms. The Kier molecular flexibility index (Phi) is 6.58. The van der Waals surface area contributed by atoms with Crippen LogP contribution in [0, 0.1) is 5.92 Å². The van der Waals surface area contributed by atoms with E-state index in [2.05, 4.69) is 37.4 Å². The monoisotopic (exact) mass is 217 g/mol. The molecule has 0 bridgehead atoms. The van der Waals surface area contributed by atoms with Crippen molar-refractivity contribution in [2.45, 2.75) is 33.9 Å². The Hall–Kier alpha value is -0.540. The van der Waals surface area contributed by atoms with Gasteiger partial charge in [-0.15, -0.1) is 12.4 Å². The fourth-order valence-electron chi connectivity index (χ4n) is 1.24. The van der Waals surface area contributed by atoms with E-state index in [1.807, 2.05) is 10.9 Å². The molecule has 0 aliphatic heterocycles. The molecule has 0 aromatic carbocycles. The molecule has 82 valence electrons. The smallest absolute Gasteiger partial charge is 0.0534 e. The van der Waals surface area contributed by atoms with Gasteiger partial charge in [0.25, 0.3) is 0 Å². The second-order valence-electron chi connectivity index (χ2n) is 3.74. The van der Waals surface area contributed by atoms with Crippen molar-refractivity contribution in [3.63, 3.8) is 0 Å². The van der Waals surface area contributed by atoms with Crippen LogP contribution in [0.1, 0.15) is 26.3 Å². The number of nitrogens with one attached hydrogen (secondary N) is 1. The van der Waals surface area contributed by atoms with E-state index in [0.717, 1.165) is 19.6 Å². The van der Waals surface area contributed by atoms with Crippen LogP contribution in [-0.2, 0) is 13.1 Å². The molecule has 1 rings (SSSR count). The van der Waals surface area contributed by atoms with E-state index in [-0.39, 0.29) is 12.4 Å². The Morgan fingerprint density at radius 2 is 2.21 bits per heavy atom. The molecule has 1 aromatic heterocycles. The van der Waals surface area contributed by atoms with Crippen LogP contribution >= 0.6 is 12.4 Å². The number of nitrogens with zero attached hydrogens (tertiary/aromatic N) is 2. The highest BCUT2D eigenvalue weighted by atomic mass is 35.5. The largest absolute Gasteiger partial charge is 0.313 e. The maximum absolute atomic E-state index is 4.29. The number of rotatable bonds is 5. The number of aromatic nitrogens is 2. The molecule has 0 aliphatic rings. The Labute approximate surface area is 92.3 Å². The quantitative estimate of drug-likeness (QED) is 0.819. The average molecular weight is 218 g/mol. The van der Waals surface area contributed by atoms with Crippen LogP contribution in [0.3, 0.4) is 0 Å². The summed E-state index contributed by atoms with van der Waals surface area (Å²) in [7, 11) is 0. The van der Waals surface area contributed by atoms with Gasteiger partial charge in [-0.3, -0.25) is 4.68 Å². The number of hydrogen-bond donors (Lipinski definition) is 1. The van der Waals surface area contributed by atoms with E-state index in [9.17, 15) is 0 Å². The third-order valence-corrected chi connectivity index (χ3v) is 1.82. The average Bonchev–Trinajstić information content (AvgIpc) is 2.48. The van der Waals surface area contributed by atoms with Crippen LogP contribution in [0.4, 0.5) is 0 Å². The molecule has 0 fully saturated rings. The van der Waals surface area contributed by atoms with Gasteiger partial charge in [0.15, 0.2) is 0 Å². The first kappa shape index (κ1) is 13.5. The normalized spacial score (nSPS) is 10.3. The van der Waals surface area contributed by atoms with E-state index in [1.165, 1.54) is 5.56 Å². The summed E-state index contributed by atoms with van der Waals surface area (Å²) >= 11 is 0. The summed E-state index contributed by atoms with van der Waals surface area (Å²) in [5.41, 5.74) is 1.27. The van der Waals surface area contributed by atoms with Crippen LogP contribution in [0.5, 0.6) is 0 Å². The van der Waals surface area contributed by atoms with Gasteiger partial charge in [0.05, 0.1) is 6.20 Å². The summed E-state index contributed by atoms with van der Waals surface area (Å²) < 4.78 is 2.01. The zero-order chi connectivity index (χ0) is 9.68. The Morgan fingerprint density at radius 1 is 1.50 bits per heavy atom. The van der Waals surface area contributed by atoms with E-state index >= 15 is 0 Å². The molecule has 1 aromatic rings. The molecule has 4 heteroatoms. The fourth-order valence-corrected chi connectivity index (χ4v) is 1.24. The minimum Gasteiger partial charge on any atom is -0.313 e. The van der Waals surface area contributed by atoms with E-state index in [0.29, 0.717) is 5.92 Å². The maximum atomic E-state index is 4.29. The fraction of sp³-hybridized carbons (Fsp3) is 0.700. The lowest BCUT2D eigenvalue weighted by Gasteiger charge is -2.03. The van der Waals surface area contributed by atoms with Gasteiger partial charge in [-0.1, -0.05) is 20.8 Å². The van der Waals surface area contributed by atoms with Crippen molar-refractivity contribution in [3.05, 3.63) is 18.0 Å². The van der Waals surface area contributed by atoms with Gasteiger partial charge in [0.1, 0.15) is 0 Å². The van der Waals surface area contributed by atoms with Crippen molar-refractivity contribution < 1.29 is 0 Å². The Balaban J connectivity index is 0.00000169. The third kappa shape index (κ3) is 4.63. The van der Waals surface area contributed by atoms with Crippen LogP contribution in [0.2, 0.25) is 0 Å². The molecule has 0 amide bonds. The van der Waals surface area contributed by atoms with Gasteiger partial charge < -0.3 is 5.32 Å².